The van der Waals surface area contributed by atoms with Crippen molar-refractivity contribution in [3.05, 3.63) is 28.7 Å². The number of rotatable bonds is 8. The van der Waals surface area contributed by atoms with Gasteiger partial charge in [-0.25, -0.2) is 8.42 Å². The van der Waals surface area contributed by atoms with E-state index in [9.17, 15) is 13.2 Å². The molecule has 1 heterocycles. The highest BCUT2D eigenvalue weighted by Gasteiger charge is 2.30. The molecule has 8 heteroatoms. The number of likely N-dealkylation sites (tertiary alicyclic amines) is 1. The molecule has 1 atom stereocenters. The van der Waals surface area contributed by atoms with Crippen LogP contribution in [0.4, 0.5) is 0 Å². The van der Waals surface area contributed by atoms with Crippen molar-refractivity contribution in [3.63, 3.8) is 0 Å². The van der Waals surface area contributed by atoms with Gasteiger partial charge in [-0.15, -0.1) is 0 Å². The zero-order valence-electron chi connectivity index (χ0n) is 16.2. The van der Waals surface area contributed by atoms with Crippen molar-refractivity contribution < 1.29 is 13.2 Å². The molecule has 2 N–H and O–H groups in total. The minimum atomic E-state index is -3.76. The first-order chi connectivity index (χ1) is 12.7. The van der Waals surface area contributed by atoms with E-state index in [1.165, 1.54) is 12.1 Å². The molecular weight excluding hydrogens is 430 g/mol. The van der Waals surface area contributed by atoms with Crippen LogP contribution in [-0.4, -0.2) is 50.9 Å². The number of carbonyl (C=O) groups is 1. The molecule has 0 unspecified atom stereocenters. The number of nitrogens with one attached hydrogen (secondary N) is 2. The number of hydrogen-bond donors (Lipinski definition) is 2. The summed E-state index contributed by atoms with van der Waals surface area (Å²) in [5.41, 5.74) is 0. The SMILES string of the molecule is CCCN1CCC(NC(=O)[C@@H](NS(=O)(=O)c2ccc(Br)cc2)C(C)C)CC1. The molecule has 0 bridgehead atoms. The zero-order valence-corrected chi connectivity index (χ0v) is 18.6. The molecule has 1 fully saturated rings. The summed E-state index contributed by atoms with van der Waals surface area (Å²) in [5.74, 6) is -0.407. The second-order valence-electron chi connectivity index (χ2n) is 7.42. The van der Waals surface area contributed by atoms with Crippen LogP contribution in [-0.2, 0) is 14.8 Å². The van der Waals surface area contributed by atoms with Gasteiger partial charge in [-0.2, -0.15) is 4.72 Å². The van der Waals surface area contributed by atoms with E-state index in [1.807, 2.05) is 13.8 Å². The van der Waals surface area contributed by atoms with Gasteiger partial charge in [0.2, 0.25) is 15.9 Å². The molecule has 27 heavy (non-hydrogen) atoms. The Morgan fingerprint density at radius 3 is 2.33 bits per heavy atom. The normalized spacial score (nSPS) is 17.8. The maximum atomic E-state index is 12.8. The summed E-state index contributed by atoms with van der Waals surface area (Å²) >= 11 is 3.30. The summed E-state index contributed by atoms with van der Waals surface area (Å²) in [6.45, 7) is 8.88. The molecule has 0 aromatic heterocycles. The third-order valence-corrected chi connectivity index (χ3v) is 6.81. The van der Waals surface area contributed by atoms with Gasteiger partial charge in [0.15, 0.2) is 0 Å². The van der Waals surface area contributed by atoms with E-state index in [1.54, 1.807) is 12.1 Å². The smallest absolute Gasteiger partial charge is 0.241 e. The Hall–Kier alpha value is -0.960. The van der Waals surface area contributed by atoms with Crippen LogP contribution in [0.5, 0.6) is 0 Å². The molecule has 6 nitrogen and oxygen atoms in total. The fraction of sp³-hybridized carbons (Fsp3) is 0.632. The monoisotopic (exact) mass is 459 g/mol. The first kappa shape index (κ1) is 22.3. The minimum absolute atomic E-state index is 0.101. The Labute approximate surface area is 171 Å². The molecular formula is C19H30BrN3O3S. The molecule has 0 aliphatic carbocycles. The van der Waals surface area contributed by atoms with Crippen molar-refractivity contribution in [3.8, 4) is 0 Å². The van der Waals surface area contributed by atoms with Crippen LogP contribution in [0.15, 0.2) is 33.6 Å². The Kier molecular flexibility index (Phi) is 8.27. The van der Waals surface area contributed by atoms with E-state index in [2.05, 4.69) is 37.8 Å². The lowest BCUT2D eigenvalue weighted by Crippen LogP contribution is -2.53. The molecule has 1 aromatic rings. The lowest BCUT2D eigenvalue weighted by Gasteiger charge is -2.33. The van der Waals surface area contributed by atoms with Crippen LogP contribution < -0.4 is 10.0 Å². The highest BCUT2D eigenvalue weighted by molar-refractivity contribution is 9.10. The Morgan fingerprint density at radius 1 is 1.22 bits per heavy atom. The molecule has 1 aliphatic heterocycles. The lowest BCUT2D eigenvalue weighted by molar-refractivity contribution is -0.124. The lowest BCUT2D eigenvalue weighted by atomic mass is 10.0. The highest BCUT2D eigenvalue weighted by Crippen LogP contribution is 2.17. The molecule has 0 spiro atoms. The fourth-order valence-electron chi connectivity index (χ4n) is 3.25. The van der Waals surface area contributed by atoms with Gasteiger partial charge >= 0.3 is 0 Å². The summed E-state index contributed by atoms with van der Waals surface area (Å²) < 4.78 is 28.7. The van der Waals surface area contributed by atoms with Crippen LogP contribution in [0.3, 0.4) is 0 Å². The number of nitrogens with zero attached hydrogens (tertiary/aromatic N) is 1. The van der Waals surface area contributed by atoms with Gasteiger partial charge in [-0.1, -0.05) is 36.7 Å². The van der Waals surface area contributed by atoms with Gasteiger partial charge in [0.1, 0.15) is 6.04 Å². The van der Waals surface area contributed by atoms with Crippen LogP contribution >= 0.6 is 15.9 Å². The van der Waals surface area contributed by atoms with Crippen molar-refractivity contribution in [2.24, 2.45) is 5.92 Å². The van der Waals surface area contributed by atoms with E-state index in [0.29, 0.717) is 0 Å². The largest absolute Gasteiger partial charge is 0.352 e. The molecule has 1 saturated heterocycles. The molecule has 0 saturated carbocycles. The number of amides is 1. The average molecular weight is 460 g/mol. The van der Waals surface area contributed by atoms with Crippen LogP contribution in [0, 0.1) is 5.92 Å². The van der Waals surface area contributed by atoms with Crippen LogP contribution in [0.2, 0.25) is 0 Å². The van der Waals surface area contributed by atoms with Gasteiger partial charge in [-0.05, 0) is 56.0 Å². The zero-order chi connectivity index (χ0) is 20.0. The van der Waals surface area contributed by atoms with Crippen molar-refractivity contribution in [1.82, 2.24) is 14.9 Å². The topological polar surface area (TPSA) is 78.5 Å². The van der Waals surface area contributed by atoms with Gasteiger partial charge < -0.3 is 10.2 Å². The minimum Gasteiger partial charge on any atom is -0.352 e. The summed E-state index contributed by atoms with van der Waals surface area (Å²) in [5, 5.41) is 3.05. The molecule has 1 amide bonds. The third kappa shape index (κ3) is 6.55. The maximum Gasteiger partial charge on any atom is 0.241 e. The van der Waals surface area contributed by atoms with E-state index < -0.39 is 16.1 Å². The standard InChI is InChI=1S/C19H30BrN3O3S/c1-4-11-23-12-9-16(10-13-23)21-19(24)18(14(2)3)22-27(25,26)17-7-5-15(20)6-8-17/h5-8,14,16,18,22H,4,9-13H2,1-3H3,(H,21,24)/t18-/m0/s1. The van der Waals surface area contributed by atoms with Gasteiger partial charge in [0.25, 0.3) is 0 Å². The van der Waals surface area contributed by atoms with Gasteiger partial charge in [-0.3, -0.25) is 4.79 Å². The van der Waals surface area contributed by atoms with Crippen molar-refractivity contribution in [2.75, 3.05) is 19.6 Å². The molecule has 1 aromatic carbocycles. The maximum absolute atomic E-state index is 12.8. The van der Waals surface area contributed by atoms with Crippen molar-refractivity contribution >= 4 is 31.9 Å². The fourth-order valence-corrected chi connectivity index (χ4v) is 4.86. The van der Waals surface area contributed by atoms with Crippen LogP contribution in [0.25, 0.3) is 0 Å². The van der Waals surface area contributed by atoms with Gasteiger partial charge in [0, 0.05) is 23.6 Å². The quantitative estimate of drug-likeness (QED) is 0.626. The number of sulfonamides is 1. The molecule has 0 radical (unpaired) electrons. The number of carbonyl (C=O) groups excluding carboxylic acids is 1. The van der Waals surface area contributed by atoms with E-state index >= 15 is 0 Å². The predicted molar refractivity (Wildman–Crippen MR) is 111 cm³/mol. The third-order valence-electron chi connectivity index (χ3n) is 4.83. The Morgan fingerprint density at radius 2 is 1.81 bits per heavy atom. The second-order valence-corrected chi connectivity index (χ2v) is 10.1. The Bertz CT molecular complexity index is 714. The van der Waals surface area contributed by atoms with Crippen molar-refractivity contribution in [1.29, 1.82) is 0 Å². The number of halogens is 1. The van der Waals surface area contributed by atoms with Crippen molar-refractivity contribution in [2.45, 2.75) is 57.0 Å². The van der Waals surface area contributed by atoms with E-state index in [-0.39, 0.29) is 22.8 Å². The second kappa shape index (κ2) is 10.0. The average Bonchev–Trinajstić information content (AvgIpc) is 2.61. The predicted octanol–water partition coefficient (Wildman–Crippen LogP) is 2.74. The molecule has 152 valence electrons. The first-order valence-corrected chi connectivity index (χ1v) is 11.8. The van der Waals surface area contributed by atoms with E-state index in [4.69, 9.17) is 0 Å². The summed E-state index contributed by atoms with van der Waals surface area (Å²) in [6.07, 6.45) is 2.93. The Balaban J connectivity index is 2.00. The van der Waals surface area contributed by atoms with Crippen LogP contribution in [0.1, 0.15) is 40.0 Å². The number of hydrogen-bond acceptors (Lipinski definition) is 4. The van der Waals surface area contributed by atoms with Gasteiger partial charge in [0.05, 0.1) is 4.90 Å². The molecule has 2 rings (SSSR count). The van der Waals surface area contributed by atoms with E-state index in [0.717, 1.165) is 43.4 Å². The molecule has 1 aliphatic rings. The number of piperidine rings is 1. The first-order valence-electron chi connectivity index (χ1n) is 9.53. The highest BCUT2D eigenvalue weighted by atomic mass is 79.9. The summed E-state index contributed by atoms with van der Waals surface area (Å²) in [6, 6.07) is 5.68. The number of benzene rings is 1. The summed E-state index contributed by atoms with van der Waals surface area (Å²) in [4.78, 5) is 15.3. The summed E-state index contributed by atoms with van der Waals surface area (Å²) in [7, 11) is -3.76.